The lowest BCUT2D eigenvalue weighted by Gasteiger charge is -2.47. The van der Waals surface area contributed by atoms with E-state index in [4.69, 9.17) is 0 Å². The Morgan fingerprint density at radius 3 is 2.52 bits per heavy atom. The lowest BCUT2D eigenvalue weighted by Crippen LogP contribution is -2.61. The van der Waals surface area contributed by atoms with E-state index in [9.17, 15) is 32.7 Å². The molecule has 0 aliphatic carbocycles. The average Bonchev–Trinajstić information content (AvgIpc) is 2.73. The van der Waals surface area contributed by atoms with Crippen molar-refractivity contribution in [3.8, 4) is 5.75 Å². The molecule has 7 nitrogen and oxygen atoms in total. The van der Waals surface area contributed by atoms with E-state index in [1.165, 1.54) is 15.8 Å². The fraction of sp³-hybridized carbons (Fsp3) is 0.381. The molecule has 0 saturated carbocycles. The molecule has 0 bridgehead atoms. The lowest BCUT2D eigenvalue weighted by atomic mass is 10.0. The minimum atomic E-state index is -1.12. The fourth-order valence-corrected chi connectivity index (χ4v) is 4.22. The van der Waals surface area contributed by atoms with E-state index in [0.717, 1.165) is 12.8 Å². The zero-order chi connectivity index (χ0) is 22.4. The lowest BCUT2D eigenvalue weighted by molar-refractivity contribution is 0.0591. The molecule has 2 aliphatic rings. The van der Waals surface area contributed by atoms with Crippen LogP contribution in [0.5, 0.6) is 5.75 Å². The van der Waals surface area contributed by atoms with E-state index in [1.54, 1.807) is 12.1 Å². The Labute approximate surface area is 175 Å². The maximum atomic E-state index is 13.9. The summed E-state index contributed by atoms with van der Waals surface area (Å²) in [5.74, 6) is -5.45. The van der Waals surface area contributed by atoms with Crippen molar-refractivity contribution in [2.75, 3.05) is 18.6 Å². The number of aromatic hydroxyl groups is 1. The predicted molar refractivity (Wildman–Crippen MR) is 104 cm³/mol. The highest BCUT2D eigenvalue weighted by Crippen LogP contribution is 2.29. The van der Waals surface area contributed by atoms with Crippen molar-refractivity contribution >= 4 is 11.7 Å². The number of ketones is 1. The molecular weight excluding hydrogens is 415 g/mol. The number of Topliss-reactive ketones (excluding diaryl/α,β-unsaturated/α-hetero) is 1. The largest absolute Gasteiger partial charge is 0.502 e. The number of pyridine rings is 1. The molecule has 1 aromatic heterocycles. The maximum Gasteiger partial charge on any atom is 0.277 e. The van der Waals surface area contributed by atoms with E-state index in [2.05, 4.69) is 0 Å². The number of amides is 1. The molecule has 0 spiro atoms. The van der Waals surface area contributed by atoms with Gasteiger partial charge < -0.3 is 10.0 Å². The second kappa shape index (κ2) is 7.75. The first-order chi connectivity index (χ1) is 14.7. The molecule has 0 unspecified atom stereocenters. The van der Waals surface area contributed by atoms with Crippen molar-refractivity contribution in [1.82, 2.24) is 9.58 Å². The number of nitrogens with zero attached hydrogens (tertiary/aromatic N) is 3. The van der Waals surface area contributed by atoms with Gasteiger partial charge in [0.2, 0.25) is 5.43 Å². The van der Waals surface area contributed by atoms with E-state index in [0.29, 0.717) is 25.1 Å². The van der Waals surface area contributed by atoms with Gasteiger partial charge in [-0.15, -0.1) is 0 Å². The summed E-state index contributed by atoms with van der Waals surface area (Å²) in [5.41, 5.74) is -2.10. The molecular formula is C21H20F3N3O4. The maximum absolute atomic E-state index is 13.9. The molecule has 1 fully saturated rings. The molecule has 10 heteroatoms. The highest BCUT2D eigenvalue weighted by Gasteiger charge is 2.39. The van der Waals surface area contributed by atoms with Crippen LogP contribution in [0.1, 0.15) is 52.1 Å². The quantitative estimate of drug-likeness (QED) is 0.746. The first-order valence-corrected chi connectivity index (χ1v) is 9.90. The average molecular weight is 435 g/mol. The van der Waals surface area contributed by atoms with Crippen LogP contribution in [0.25, 0.3) is 0 Å². The summed E-state index contributed by atoms with van der Waals surface area (Å²) < 4.78 is 42.1. The van der Waals surface area contributed by atoms with Gasteiger partial charge >= 0.3 is 0 Å². The summed E-state index contributed by atoms with van der Waals surface area (Å²) in [6.07, 6.45) is 2.53. The van der Waals surface area contributed by atoms with Gasteiger partial charge in [0.05, 0.1) is 5.56 Å². The van der Waals surface area contributed by atoms with E-state index in [1.807, 2.05) is 0 Å². The van der Waals surface area contributed by atoms with Crippen LogP contribution < -0.4 is 10.4 Å². The molecule has 1 N–H and O–H groups in total. The van der Waals surface area contributed by atoms with Gasteiger partial charge in [-0.3, -0.25) is 24.1 Å². The third kappa shape index (κ3) is 3.45. The highest BCUT2D eigenvalue weighted by molar-refractivity contribution is 6.00. The molecule has 2 aromatic rings. The smallest absolute Gasteiger partial charge is 0.277 e. The zero-order valence-electron chi connectivity index (χ0n) is 16.7. The second-order valence-corrected chi connectivity index (χ2v) is 7.74. The number of hydrogen-bond donors (Lipinski definition) is 1. The summed E-state index contributed by atoms with van der Waals surface area (Å²) >= 11 is 0. The number of piperidine rings is 1. The third-order valence-corrected chi connectivity index (χ3v) is 5.86. The highest BCUT2D eigenvalue weighted by atomic mass is 19.1. The van der Waals surface area contributed by atoms with Crippen molar-refractivity contribution in [2.24, 2.45) is 0 Å². The zero-order valence-corrected chi connectivity index (χ0v) is 16.7. The van der Waals surface area contributed by atoms with Gasteiger partial charge in [0.1, 0.15) is 23.6 Å². The normalized spacial score (nSPS) is 18.1. The van der Waals surface area contributed by atoms with Crippen LogP contribution in [0.2, 0.25) is 0 Å². The molecule has 1 saturated heterocycles. The van der Waals surface area contributed by atoms with Crippen molar-refractivity contribution in [3.63, 3.8) is 0 Å². The van der Waals surface area contributed by atoms with Crippen LogP contribution in [0.4, 0.5) is 13.2 Å². The van der Waals surface area contributed by atoms with Gasteiger partial charge in [0.15, 0.2) is 17.2 Å². The molecule has 4 rings (SSSR count). The summed E-state index contributed by atoms with van der Waals surface area (Å²) in [6, 6.07) is 1.03. The van der Waals surface area contributed by atoms with Gasteiger partial charge in [0, 0.05) is 43.9 Å². The Bertz CT molecular complexity index is 1120. The Kier molecular flexibility index (Phi) is 5.24. The summed E-state index contributed by atoms with van der Waals surface area (Å²) in [7, 11) is 1.59. The minimum absolute atomic E-state index is 0.224. The number of carbonyl (C=O) groups excluding carboxylic acids is 2. The number of halogens is 3. The summed E-state index contributed by atoms with van der Waals surface area (Å²) in [4.78, 5) is 39.5. The Balaban J connectivity index is 1.69. The third-order valence-electron chi connectivity index (χ3n) is 5.86. The van der Waals surface area contributed by atoms with Crippen LogP contribution in [0.3, 0.4) is 0 Å². The number of carbonyl (C=O) groups is 2. The van der Waals surface area contributed by atoms with Crippen LogP contribution in [-0.4, -0.2) is 46.1 Å². The van der Waals surface area contributed by atoms with Crippen LogP contribution in [0.15, 0.2) is 23.1 Å². The molecule has 1 aromatic carbocycles. The molecule has 2 aliphatic heterocycles. The molecule has 3 heterocycles. The SMILES string of the molecule is CN1C(=O)c2c(O)c(=O)c(C(=O)CCc3c(F)cc(F)cc3F)cn2N2CCCC[C@@H]12. The monoisotopic (exact) mass is 435 g/mol. The standard InChI is InChI=1S/C21H20F3N3O4/c1-25-17-4-2-3-7-26(17)27-10-13(19(29)20(30)18(27)21(25)31)16(28)6-5-12-14(23)8-11(22)9-15(12)24/h8-10,17,30H,2-7H2,1H3/t17-/m0/s1. The van der Waals surface area contributed by atoms with Gasteiger partial charge in [0.25, 0.3) is 5.91 Å². The van der Waals surface area contributed by atoms with Gasteiger partial charge in [-0.05, 0) is 25.7 Å². The van der Waals surface area contributed by atoms with Crippen LogP contribution in [0, 0.1) is 17.5 Å². The summed E-state index contributed by atoms with van der Waals surface area (Å²) in [5, 5.41) is 12.2. The number of hydrogen-bond acceptors (Lipinski definition) is 5. The van der Waals surface area contributed by atoms with Crippen molar-refractivity contribution in [1.29, 1.82) is 0 Å². The number of rotatable bonds is 4. The van der Waals surface area contributed by atoms with Crippen molar-refractivity contribution in [3.05, 3.63) is 62.8 Å². The van der Waals surface area contributed by atoms with E-state index < -0.39 is 58.7 Å². The molecule has 1 atom stereocenters. The van der Waals surface area contributed by atoms with Crippen molar-refractivity contribution < 1.29 is 27.9 Å². The minimum Gasteiger partial charge on any atom is -0.502 e. The van der Waals surface area contributed by atoms with Gasteiger partial charge in [-0.2, -0.15) is 0 Å². The van der Waals surface area contributed by atoms with Gasteiger partial charge in [-0.1, -0.05) is 0 Å². The van der Waals surface area contributed by atoms with Crippen molar-refractivity contribution in [2.45, 2.75) is 38.3 Å². The number of benzene rings is 1. The fourth-order valence-electron chi connectivity index (χ4n) is 4.22. The summed E-state index contributed by atoms with van der Waals surface area (Å²) in [6.45, 7) is 0.553. The molecule has 31 heavy (non-hydrogen) atoms. The topological polar surface area (TPSA) is 82.9 Å². The molecule has 1 amide bonds. The van der Waals surface area contributed by atoms with E-state index >= 15 is 0 Å². The first kappa shape index (κ1) is 21.0. The van der Waals surface area contributed by atoms with Crippen LogP contribution >= 0.6 is 0 Å². The second-order valence-electron chi connectivity index (χ2n) is 7.74. The first-order valence-electron chi connectivity index (χ1n) is 9.90. The number of aromatic nitrogens is 1. The predicted octanol–water partition coefficient (Wildman–Crippen LogP) is 2.32. The van der Waals surface area contributed by atoms with Crippen LogP contribution in [-0.2, 0) is 6.42 Å². The van der Waals surface area contributed by atoms with Gasteiger partial charge in [-0.25, -0.2) is 13.2 Å². The Morgan fingerprint density at radius 1 is 1.16 bits per heavy atom. The molecule has 164 valence electrons. The Morgan fingerprint density at radius 2 is 1.84 bits per heavy atom. The Hall–Kier alpha value is -3.30. The molecule has 0 radical (unpaired) electrons. The number of fused-ring (bicyclic) bond motifs is 3. The van der Waals surface area contributed by atoms with E-state index in [-0.39, 0.29) is 17.4 Å².